The van der Waals surface area contributed by atoms with Crippen molar-refractivity contribution in [3.05, 3.63) is 60.4 Å². The molecule has 4 rings (SSSR count). The highest BCUT2D eigenvalue weighted by Gasteiger charge is 2.29. The first-order valence-corrected chi connectivity index (χ1v) is 11.6. The van der Waals surface area contributed by atoms with Gasteiger partial charge in [-0.1, -0.05) is 11.8 Å². The van der Waals surface area contributed by atoms with Crippen molar-refractivity contribution in [3.8, 4) is 5.69 Å². The van der Waals surface area contributed by atoms with Crippen LogP contribution in [0.15, 0.2) is 54.1 Å². The van der Waals surface area contributed by atoms with E-state index in [0.29, 0.717) is 43.0 Å². The van der Waals surface area contributed by atoms with E-state index in [4.69, 9.17) is 4.74 Å². The molecule has 3 aromatic rings. The summed E-state index contributed by atoms with van der Waals surface area (Å²) in [6, 6.07) is 7.47. The molecule has 172 valence electrons. The molecule has 1 unspecified atom stereocenters. The molecule has 0 radical (unpaired) electrons. The first-order chi connectivity index (χ1) is 16.0. The fourth-order valence-corrected chi connectivity index (χ4v) is 4.12. The predicted octanol–water partition coefficient (Wildman–Crippen LogP) is 2.42. The van der Waals surface area contributed by atoms with Crippen molar-refractivity contribution in [2.75, 3.05) is 37.3 Å². The highest BCUT2D eigenvalue weighted by atomic mass is 32.2. The highest BCUT2D eigenvalue weighted by Crippen LogP contribution is 2.23. The molecule has 0 bridgehead atoms. The van der Waals surface area contributed by atoms with Gasteiger partial charge < -0.3 is 14.5 Å². The van der Waals surface area contributed by atoms with Gasteiger partial charge in [0.05, 0.1) is 6.20 Å². The predicted molar refractivity (Wildman–Crippen MR) is 121 cm³/mol. The van der Waals surface area contributed by atoms with Gasteiger partial charge in [-0.15, -0.1) is 0 Å². The van der Waals surface area contributed by atoms with Crippen molar-refractivity contribution in [1.82, 2.24) is 24.4 Å². The number of hydrogen-bond donors (Lipinski definition) is 0. The number of benzene rings is 1. The van der Waals surface area contributed by atoms with Crippen LogP contribution in [0.5, 0.6) is 0 Å². The number of ether oxygens (including phenoxy) is 1. The maximum atomic E-state index is 13.4. The smallest absolute Gasteiger partial charge is 0.357 e. The van der Waals surface area contributed by atoms with Crippen LogP contribution in [0, 0.1) is 5.82 Å². The Morgan fingerprint density at radius 1 is 1.06 bits per heavy atom. The van der Waals surface area contributed by atoms with Crippen LogP contribution in [0.3, 0.4) is 0 Å². The normalized spacial score (nSPS) is 14.8. The van der Waals surface area contributed by atoms with Crippen molar-refractivity contribution >= 4 is 29.6 Å². The maximum absolute atomic E-state index is 13.4. The average Bonchev–Trinajstić information content (AvgIpc) is 3.29. The van der Waals surface area contributed by atoms with Gasteiger partial charge in [-0.05, 0) is 43.5 Å². The number of hydrogen-bond acceptors (Lipinski definition) is 8. The summed E-state index contributed by atoms with van der Waals surface area (Å²) < 4.78 is 20.4. The molecule has 1 saturated heterocycles. The number of carbonyl (C=O) groups is 2. The number of imidazole rings is 1. The molecule has 1 aliphatic rings. The molecule has 0 spiro atoms. The van der Waals surface area contributed by atoms with E-state index >= 15 is 0 Å². The average molecular weight is 471 g/mol. The minimum absolute atomic E-state index is 0.164. The molecule has 33 heavy (non-hydrogen) atoms. The van der Waals surface area contributed by atoms with Crippen molar-refractivity contribution < 1.29 is 18.7 Å². The minimum Gasteiger partial charge on any atom is -0.448 e. The minimum atomic E-state index is -0.966. The van der Waals surface area contributed by atoms with Gasteiger partial charge in [0.25, 0.3) is 5.91 Å². The zero-order valence-electron chi connectivity index (χ0n) is 18.2. The lowest BCUT2D eigenvalue weighted by atomic mass is 10.2. The van der Waals surface area contributed by atoms with Crippen molar-refractivity contribution in [1.29, 1.82) is 0 Å². The molecule has 1 aliphatic heterocycles. The Hall–Kier alpha value is -3.47. The van der Waals surface area contributed by atoms with Gasteiger partial charge in [0.15, 0.2) is 17.0 Å². The number of rotatable bonds is 6. The summed E-state index contributed by atoms with van der Waals surface area (Å²) in [6.07, 6.45) is 5.62. The van der Waals surface area contributed by atoms with Gasteiger partial charge in [-0.3, -0.25) is 9.36 Å². The van der Waals surface area contributed by atoms with Gasteiger partial charge in [0.1, 0.15) is 5.82 Å². The van der Waals surface area contributed by atoms with E-state index < -0.39 is 12.1 Å². The summed E-state index contributed by atoms with van der Waals surface area (Å²) >= 11 is 1.34. The largest absolute Gasteiger partial charge is 0.448 e. The van der Waals surface area contributed by atoms with Crippen LogP contribution in [0.4, 0.5) is 10.3 Å². The molecule has 2 aromatic heterocycles. The van der Waals surface area contributed by atoms with E-state index in [2.05, 4.69) is 15.0 Å². The molecule has 0 N–H and O–H groups in total. The van der Waals surface area contributed by atoms with E-state index in [0.717, 1.165) is 0 Å². The van der Waals surface area contributed by atoms with Crippen molar-refractivity contribution in [3.63, 3.8) is 0 Å². The van der Waals surface area contributed by atoms with Crippen LogP contribution >= 0.6 is 11.8 Å². The van der Waals surface area contributed by atoms with Gasteiger partial charge in [0.2, 0.25) is 5.95 Å². The summed E-state index contributed by atoms with van der Waals surface area (Å²) in [7, 11) is 0. The summed E-state index contributed by atoms with van der Waals surface area (Å²) in [5.41, 5.74) is 0.736. The van der Waals surface area contributed by atoms with Crippen LogP contribution in [-0.2, 0) is 9.53 Å². The lowest BCUT2D eigenvalue weighted by molar-refractivity contribution is -0.140. The summed E-state index contributed by atoms with van der Waals surface area (Å²) in [5, 5.41) is 0.548. The van der Waals surface area contributed by atoms with Crippen molar-refractivity contribution in [2.24, 2.45) is 0 Å². The first kappa shape index (κ1) is 22.7. The van der Waals surface area contributed by atoms with Crippen LogP contribution < -0.4 is 4.90 Å². The SMILES string of the molecule is CSc1ncc(C(=O)OC(C)C(=O)N2CCN(c3ncccn3)CC2)n1-c1ccc(F)cc1. The van der Waals surface area contributed by atoms with Gasteiger partial charge in [-0.2, -0.15) is 0 Å². The molecule has 9 nitrogen and oxygen atoms in total. The molecule has 3 heterocycles. The zero-order chi connectivity index (χ0) is 23.4. The quantitative estimate of drug-likeness (QED) is 0.401. The summed E-state index contributed by atoms with van der Waals surface area (Å²) in [5.74, 6) is -0.700. The van der Waals surface area contributed by atoms with Crippen molar-refractivity contribution in [2.45, 2.75) is 18.2 Å². The van der Waals surface area contributed by atoms with E-state index in [9.17, 15) is 14.0 Å². The number of nitrogens with zero attached hydrogens (tertiary/aromatic N) is 6. The second-order valence-corrected chi connectivity index (χ2v) is 8.12. The highest BCUT2D eigenvalue weighted by molar-refractivity contribution is 7.98. The van der Waals surface area contributed by atoms with E-state index in [1.54, 1.807) is 47.0 Å². The van der Waals surface area contributed by atoms with Crippen LogP contribution in [0.2, 0.25) is 0 Å². The Labute approximate surface area is 194 Å². The van der Waals surface area contributed by atoms with Crippen LogP contribution in [0.25, 0.3) is 5.69 Å². The number of anilines is 1. The third-order valence-corrected chi connectivity index (χ3v) is 5.92. The maximum Gasteiger partial charge on any atom is 0.357 e. The van der Waals surface area contributed by atoms with E-state index in [1.165, 1.54) is 30.1 Å². The van der Waals surface area contributed by atoms with Gasteiger partial charge in [0, 0.05) is 44.3 Å². The standard InChI is InChI=1S/C22H23FN6O3S/c1-15(19(30)27-10-12-28(13-11-27)21-24-8-3-9-25-21)32-20(31)18-14-26-22(33-2)29(18)17-6-4-16(23)5-7-17/h3-9,14-15H,10-13H2,1-2H3. The Kier molecular flexibility index (Phi) is 6.87. The molecule has 1 atom stereocenters. The number of halogens is 1. The molecule has 11 heteroatoms. The van der Waals surface area contributed by atoms with E-state index in [-0.39, 0.29) is 17.4 Å². The monoisotopic (exact) mass is 470 g/mol. The second-order valence-electron chi connectivity index (χ2n) is 7.35. The molecule has 0 aliphatic carbocycles. The lowest BCUT2D eigenvalue weighted by Crippen LogP contribution is -2.52. The van der Waals surface area contributed by atoms with Gasteiger partial charge >= 0.3 is 5.97 Å². The van der Waals surface area contributed by atoms with E-state index in [1.807, 2.05) is 11.2 Å². The number of carbonyl (C=O) groups excluding carboxylic acids is 2. The van der Waals surface area contributed by atoms with Gasteiger partial charge in [-0.25, -0.2) is 24.1 Å². The number of piperazine rings is 1. The Morgan fingerprint density at radius 3 is 2.36 bits per heavy atom. The first-order valence-electron chi connectivity index (χ1n) is 10.4. The fourth-order valence-electron chi connectivity index (χ4n) is 3.57. The third kappa shape index (κ3) is 4.98. The van der Waals surface area contributed by atoms with Crippen LogP contribution in [0.1, 0.15) is 17.4 Å². The Morgan fingerprint density at radius 2 is 1.73 bits per heavy atom. The second kappa shape index (κ2) is 9.99. The number of esters is 1. The zero-order valence-corrected chi connectivity index (χ0v) is 19.0. The fraction of sp³-hybridized carbons (Fsp3) is 0.318. The number of thioether (sulfide) groups is 1. The summed E-state index contributed by atoms with van der Waals surface area (Å²) in [4.78, 5) is 42.2. The Balaban J connectivity index is 1.41. The molecular formula is C22H23FN6O3S. The molecule has 1 aromatic carbocycles. The third-order valence-electron chi connectivity index (χ3n) is 5.26. The topological polar surface area (TPSA) is 93.4 Å². The summed E-state index contributed by atoms with van der Waals surface area (Å²) in [6.45, 7) is 3.68. The number of aromatic nitrogens is 4. The molecule has 1 fully saturated rings. The Bertz CT molecular complexity index is 1120. The lowest BCUT2D eigenvalue weighted by Gasteiger charge is -2.35. The van der Waals surface area contributed by atoms with Crippen LogP contribution in [-0.4, -0.2) is 74.8 Å². The number of amides is 1. The molecule has 1 amide bonds. The molecule has 0 saturated carbocycles. The molecular weight excluding hydrogens is 447 g/mol.